The summed E-state index contributed by atoms with van der Waals surface area (Å²) < 4.78 is 34.1. The van der Waals surface area contributed by atoms with Gasteiger partial charge in [0, 0.05) is 10.4 Å². The summed E-state index contributed by atoms with van der Waals surface area (Å²) in [6, 6.07) is 0. The quantitative estimate of drug-likeness (QED) is 0.398. The molecule has 0 radical (unpaired) electrons. The van der Waals surface area contributed by atoms with E-state index in [9.17, 15) is 0 Å². The van der Waals surface area contributed by atoms with Crippen molar-refractivity contribution in [3.8, 4) is 0 Å². The zero-order valence-corrected chi connectivity index (χ0v) is 6.89. The molecule has 0 aliphatic carbocycles. The summed E-state index contributed by atoms with van der Waals surface area (Å²) in [6.45, 7) is 2.50. The van der Waals surface area contributed by atoms with Crippen molar-refractivity contribution in [1.82, 2.24) is 5.32 Å². The molecular formula is C5H11NO4S-2. The molecule has 1 aliphatic rings. The highest BCUT2D eigenvalue weighted by Crippen LogP contribution is 1.96. The smallest absolute Gasteiger partial charge is 0.0311 e. The Hall–Kier alpha value is -0.170. The van der Waals surface area contributed by atoms with E-state index in [1.165, 1.54) is 32.4 Å². The maximum absolute atomic E-state index is 8.52. The van der Waals surface area contributed by atoms with Gasteiger partial charge >= 0.3 is 0 Å². The van der Waals surface area contributed by atoms with E-state index in [0.29, 0.717) is 0 Å². The summed E-state index contributed by atoms with van der Waals surface area (Å²) in [4.78, 5) is 0. The number of rotatable bonds is 0. The summed E-state index contributed by atoms with van der Waals surface area (Å²) in [5.74, 6) is 0. The fourth-order valence-corrected chi connectivity index (χ4v) is 0.802. The lowest BCUT2D eigenvalue weighted by Gasteiger charge is -2.08. The van der Waals surface area contributed by atoms with Gasteiger partial charge in [-0.05, 0) is 25.9 Å². The van der Waals surface area contributed by atoms with Crippen molar-refractivity contribution in [3.05, 3.63) is 0 Å². The number of piperidine rings is 1. The molecule has 0 bridgehead atoms. The minimum Gasteiger partial charge on any atom is -0.759 e. The highest BCUT2D eigenvalue weighted by molar-refractivity contribution is 7.79. The van der Waals surface area contributed by atoms with Gasteiger partial charge in [-0.2, -0.15) is 0 Å². The third kappa shape index (κ3) is 17.7. The zero-order valence-electron chi connectivity index (χ0n) is 6.08. The Labute approximate surface area is 66.4 Å². The molecule has 0 aromatic carbocycles. The van der Waals surface area contributed by atoms with Gasteiger partial charge in [-0.25, -0.2) is 0 Å². The number of hydrogen-bond donors (Lipinski definition) is 1. The van der Waals surface area contributed by atoms with E-state index in [0.717, 1.165) is 0 Å². The predicted octanol–water partition coefficient (Wildman–Crippen LogP) is -0.578. The molecule has 1 rings (SSSR count). The van der Waals surface area contributed by atoms with Crippen LogP contribution in [0.2, 0.25) is 0 Å². The molecular weight excluding hydrogens is 170 g/mol. The standard InChI is InChI=1S/C5H11N.H2O4S/c1-2-4-6-5-3-1;1-5(2,3)4/h6H,1-5H2;(H2,1,2,3,4)/p-2. The van der Waals surface area contributed by atoms with E-state index in [2.05, 4.69) is 5.32 Å². The number of hydrogen-bond acceptors (Lipinski definition) is 5. The van der Waals surface area contributed by atoms with Gasteiger partial charge in [0.05, 0.1) is 0 Å². The van der Waals surface area contributed by atoms with Crippen LogP contribution in [0.15, 0.2) is 0 Å². The molecule has 0 atom stereocenters. The van der Waals surface area contributed by atoms with Gasteiger partial charge in [0.15, 0.2) is 0 Å². The zero-order chi connectivity index (χ0) is 8.74. The summed E-state index contributed by atoms with van der Waals surface area (Å²) >= 11 is 0. The summed E-state index contributed by atoms with van der Waals surface area (Å²) in [7, 11) is -5.17. The normalized spacial score (nSPS) is 18.4. The van der Waals surface area contributed by atoms with Gasteiger partial charge in [0.1, 0.15) is 0 Å². The van der Waals surface area contributed by atoms with Crippen molar-refractivity contribution in [1.29, 1.82) is 0 Å². The molecule has 0 spiro atoms. The van der Waals surface area contributed by atoms with Crippen molar-refractivity contribution >= 4 is 10.4 Å². The molecule has 1 heterocycles. The van der Waals surface area contributed by atoms with E-state index in [4.69, 9.17) is 17.5 Å². The highest BCUT2D eigenvalue weighted by atomic mass is 32.3. The Morgan fingerprint density at radius 2 is 1.36 bits per heavy atom. The molecule has 11 heavy (non-hydrogen) atoms. The van der Waals surface area contributed by atoms with Crippen LogP contribution in [-0.2, 0) is 10.4 Å². The van der Waals surface area contributed by atoms with Crippen molar-refractivity contribution < 1.29 is 17.5 Å². The second kappa shape index (κ2) is 5.48. The summed E-state index contributed by atoms with van der Waals surface area (Å²) in [5, 5.41) is 3.28. The monoisotopic (exact) mass is 181 g/mol. The average Bonchev–Trinajstić information content (AvgIpc) is 1.88. The van der Waals surface area contributed by atoms with Crippen LogP contribution >= 0.6 is 0 Å². The minimum absolute atomic E-state index is 1.25. The van der Waals surface area contributed by atoms with Crippen LogP contribution in [0.25, 0.3) is 0 Å². The molecule has 1 fully saturated rings. The van der Waals surface area contributed by atoms with E-state index in [1.807, 2.05) is 0 Å². The van der Waals surface area contributed by atoms with Crippen LogP contribution < -0.4 is 5.32 Å². The van der Waals surface area contributed by atoms with Crippen LogP contribution in [0.3, 0.4) is 0 Å². The topological polar surface area (TPSA) is 92.3 Å². The lowest BCUT2D eigenvalue weighted by atomic mass is 10.2. The van der Waals surface area contributed by atoms with Crippen molar-refractivity contribution in [2.75, 3.05) is 13.1 Å². The summed E-state index contributed by atoms with van der Waals surface area (Å²) in [6.07, 6.45) is 4.22. The first-order chi connectivity index (χ1) is 5.00. The highest BCUT2D eigenvalue weighted by Gasteiger charge is 1.93. The maximum atomic E-state index is 8.52. The van der Waals surface area contributed by atoms with Gasteiger partial charge in [-0.15, -0.1) is 0 Å². The molecule has 1 saturated heterocycles. The lowest BCUT2D eigenvalue weighted by molar-refractivity contribution is 0.352. The van der Waals surface area contributed by atoms with E-state index in [-0.39, 0.29) is 0 Å². The van der Waals surface area contributed by atoms with Crippen LogP contribution in [0.5, 0.6) is 0 Å². The van der Waals surface area contributed by atoms with Crippen molar-refractivity contribution in [3.63, 3.8) is 0 Å². The van der Waals surface area contributed by atoms with E-state index < -0.39 is 10.4 Å². The second-order valence-electron chi connectivity index (χ2n) is 2.22. The maximum Gasteiger partial charge on any atom is 0.0311 e. The lowest BCUT2D eigenvalue weighted by Crippen LogP contribution is -2.21. The molecule has 1 aliphatic heterocycles. The van der Waals surface area contributed by atoms with Crippen LogP contribution in [0.4, 0.5) is 0 Å². The molecule has 0 aromatic rings. The molecule has 68 valence electrons. The largest absolute Gasteiger partial charge is 0.759 e. The van der Waals surface area contributed by atoms with Crippen molar-refractivity contribution in [2.24, 2.45) is 0 Å². The first-order valence-corrected chi connectivity index (χ1v) is 4.71. The molecule has 0 saturated carbocycles. The van der Waals surface area contributed by atoms with Gasteiger partial charge in [-0.3, -0.25) is 8.42 Å². The first kappa shape index (κ1) is 10.8. The predicted molar refractivity (Wildman–Crippen MR) is 37.2 cm³/mol. The van der Waals surface area contributed by atoms with E-state index in [1.54, 1.807) is 0 Å². The van der Waals surface area contributed by atoms with Crippen LogP contribution in [0, 0.1) is 0 Å². The van der Waals surface area contributed by atoms with Crippen molar-refractivity contribution in [2.45, 2.75) is 19.3 Å². The van der Waals surface area contributed by atoms with Gasteiger partial charge in [0.2, 0.25) is 0 Å². The summed E-state index contributed by atoms with van der Waals surface area (Å²) in [5.41, 5.74) is 0. The third-order valence-corrected chi connectivity index (χ3v) is 1.21. The molecule has 1 N–H and O–H groups in total. The SMILES string of the molecule is C1CCNCC1.O=S(=O)([O-])[O-]. The van der Waals surface area contributed by atoms with Crippen LogP contribution in [0.1, 0.15) is 19.3 Å². The van der Waals surface area contributed by atoms with E-state index >= 15 is 0 Å². The molecule has 0 amide bonds. The van der Waals surface area contributed by atoms with Gasteiger partial charge in [-0.1, -0.05) is 6.42 Å². The fourth-order valence-electron chi connectivity index (χ4n) is 0.802. The Morgan fingerprint density at radius 1 is 1.00 bits per heavy atom. The Bertz CT molecular complexity index is 153. The third-order valence-electron chi connectivity index (χ3n) is 1.21. The number of nitrogens with one attached hydrogen (secondary N) is 1. The van der Waals surface area contributed by atoms with Gasteiger partial charge in [0.25, 0.3) is 0 Å². The Morgan fingerprint density at radius 3 is 1.45 bits per heavy atom. The molecule has 5 nitrogen and oxygen atoms in total. The second-order valence-corrected chi connectivity index (χ2v) is 3.04. The van der Waals surface area contributed by atoms with Crippen LogP contribution in [-0.4, -0.2) is 30.6 Å². The molecule has 6 heteroatoms. The first-order valence-electron chi connectivity index (χ1n) is 3.37. The van der Waals surface area contributed by atoms with Gasteiger partial charge < -0.3 is 14.4 Å². The average molecular weight is 181 g/mol. The molecule has 0 aromatic heterocycles. The Balaban J connectivity index is 0.000000187. The molecule has 0 unspecified atom stereocenters. The fraction of sp³-hybridized carbons (Fsp3) is 1.00. The Kier molecular flexibility index (Phi) is 5.39. The minimum atomic E-state index is -5.17.